The zero-order valence-corrected chi connectivity index (χ0v) is 13.3. The van der Waals surface area contributed by atoms with Crippen molar-refractivity contribution < 1.29 is 13.9 Å². The predicted octanol–water partition coefficient (Wildman–Crippen LogP) is 3.44. The zero-order chi connectivity index (χ0) is 16.2. The molecular weight excluding hydrogens is 316 g/mol. The van der Waals surface area contributed by atoms with E-state index in [1.165, 1.54) is 0 Å². The van der Waals surface area contributed by atoms with Gasteiger partial charge < -0.3 is 14.5 Å². The van der Waals surface area contributed by atoms with Gasteiger partial charge in [0, 0.05) is 12.8 Å². The highest BCUT2D eigenvalue weighted by molar-refractivity contribution is 6.32. The van der Waals surface area contributed by atoms with Gasteiger partial charge in [-0.25, -0.2) is 4.99 Å². The largest absolute Gasteiger partial charge is 0.495 e. The highest BCUT2D eigenvalue weighted by Gasteiger charge is 2.20. The molecule has 0 unspecified atom stereocenters. The van der Waals surface area contributed by atoms with Crippen LogP contribution < -0.4 is 10.1 Å². The highest BCUT2D eigenvalue weighted by atomic mass is 35.5. The lowest BCUT2D eigenvalue weighted by Crippen LogP contribution is -2.24. The van der Waals surface area contributed by atoms with Crippen molar-refractivity contribution in [3.63, 3.8) is 0 Å². The first kappa shape index (κ1) is 15.4. The Morgan fingerprint density at radius 3 is 2.91 bits per heavy atom. The van der Waals surface area contributed by atoms with Crippen LogP contribution >= 0.6 is 11.6 Å². The van der Waals surface area contributed by atoms with E-state index in [2.05, 4.69) is 10.3 Å². The van der Waals surface area contributed by atoms with Gasteiger partial charge in [-0.1, -0.05) is 17.7 Å². The molecule has 0 fully saturated rings. The molecule has 0 aliphatic carbocycles. The van der Waals surface area contributed by atoms with Crippen molar-refractivity contribution in [1.29, 1.82) is 0 Å². The number of rotatable bonds is 5. The monoisotopic (exact) mass is 330 g/mol. The second-order valence-corrected chi connectivity index (χ2v) is 5.42. The van der Waals surface area contributed by atoms with Gasteiger partial charge in [-0.15, -0.1) is 0 Å². The number of nitrogens with zero attached hydrogens (tertiary/aromatic N) is 1. The van der Waals surface area contributed by atoms with Crippen molar-refractivity contribution in [2.75, 3.05) is 7.11 Å². The van der Waals surface area contributed by atoms with Crippen LogP contribution in [0.25, 0.3) is 6.08 Å². The number of carbonyl (C=O) groups is 1. The summed E-state index contributed by atoms with van der Waals surface area (Å²) in [6, 6.07) is 9.04. The Morgan fingerprint density at radius 2 is 2.22 bits per heavy atom. The lowest BCUT2D eigenvalue weighted by atomic mass is 10.2. The Labute approximate surface area is 138 Å². The number of aliphatic imine (C=N–C) groups is 1. The van der Waals surface area contributed by atoms with Crippen molar-refractivity contribution in [3.05, 3.63) is 58.6 Å². The average molecular weight is 331 g/mol. The number of hydrogen-bond acceptors (Lipinski definition) is 4. The minimum atomic E-state index is -0.216. The lowest BCUT2D eigenvalue weighted by molar-refractivity contribution is -0.115. The van der Waals surface area contributed by atoms with Crippen LogP contribution in [0.1, 0.15) is 17.7 Å². The van der Waals surface area contributed by atoms with E-state index >= 15 is 0 Å². The van der Waals surface area contributed by atoms with Crippen molar-refractivity contribution in [1.82, 2.24) is 5.32 Å². The number of methoxy groups -OCH3 is 1. The maximum absolute atomic E-state index is 12.0. The molecule has 1 aliphatic heterocycles. The molecule has 2 aromatic rings. The minimum Gasteiger partial charge on any atom is -0.495 e. The van der Waals surface area contributed by atoms with Crippen molar-refractivity contribution in [2.24, 2.45) is 4.99 Å². The molecule has 0 saturated carbocycles. The SMILES string of the molecule is COc1ccc(/C=C2/N=C(CCc3ccco3)NC2=O)cc1Cl. The molecule has 0 atom stereocenters. The first-order valence-electron chi connectivity index (χ1n) is 7.12. The fourth-order valence-corrected chi connectivity index (χ4v) is 2.53. The van der Waals surface area contributed by atoms with E-state index in [4.69, 9.17) is 20.8 Å². The standard InChI is InChI=1S/C17H15ClN2O3/c1-22-15-6-4-11(9-13(15)18)10-14-17(21)20-16(19-14)7-5-12-3-2-8-23-12/h2-4,6,8-10H,5,7H2,1H3,(H,19,20,21)/b14-10+. The number of halogens is 1. The molecule has 3 rings (SSSR count). The Hall–Kier alpha value is -2.53. The van der Waals surface area contributed by atoms with Crippen LogP contribution in [0.3, 0.4) is 0 Å². The van der Waals surface area contributed by atoms with Crippen LogP contribution in [0.4, 0.5) is 0 Å². The molecule has 1 amide bonds. The average Bonchev–Trinajstić information content (AvgIpc) is 3.16. The smallest absolute Gasteiger partial charge is 0.275 e. The number of benzene rings is 1. The lowest BCUT2D eigenvalue weighted by Gasteiger charge is -2.03. The molecule has 0 spiro atoms. The van der Waals surface area contributed by atoms with Crippen molar-refractivity contribution >= 4 is 29.4 Å². The van der Waals surface area contributed by atoms with E-state index in [1.807, 2.05) is 18.2 Å². The second kappa shape index (κ2) is 6.71. The number of amides is 1. The quantitative estimate of drug-likeness (QED) is 0.854. The molecule has 1 aromatic carbocycles. The van der Waals surface area contributed by atoms with E-state index in [9.17, 15) is 4.79 Å². The maximum atomic E-state index is 12.0. The highest BCUT2D eigenvalue weighted by Crippen LogP contribution is 2.26. The summed E-state index contributed by atoms with van der Waals surface area (Å²) in [5.41, 5.74) is 1.15. The molecule has 1 aromatic heterocycles. The molecule has 5 nitrogen and oxygen atoms in total. The minimum absolute atomic E-state index is 0.216. The van der Waals surface area contributed by atoms with Crippen LogP contribution in [0.2, 0.25) is 5.02 Å². The summed E-state index contributed by atoms with van der Waals surface area (Å²) in [7, 11) is 1.55. The topological polar surface area (TPSA) is 63.8 Å². The summed E-state index contributed by atoms with van der Waals surface area (Å²) in [6.07, 6.45) is 4.62. The molecule has 0 radical (unpaired) electrons. The van der Waals surface area contributed by atoms with Gasteiger partial charge in [-0.05, 0) is 35.9 Å². The summed E-state index contributed by atoms with van der Waals surface area (Å²) in [6.45, 7) is 0. The van der Waals surface area contributed by atoms with Crippen LogP contribution in [-0.2, 0) is 11.2 Å². The molecule has 2 heterocycles. The molecule has 6 heteroatoms. The van der Waals surface area contributed by atoms with Crippen LogP contribution in [0, 0.1) is 0 Å². The van der Waals surface area contributed by atoms with Gasteiger partial charge in [0.25, 0.3) is 5.91 Å². The first-order chi connectivity index (χ1) is 11.2. The predicted molar refractivity (Wildman–Crippen MR) is 88.6 cm³/mol. The van der Waals surface area contributed by atoms with E-state index in [-0.39, 0.29) is 5.91 Å². The van der Waals surface area contributed by atoms with E-state index in [1.54, 1.807) is 31.6 Å². The van der Waals surface area contributed by atoms with Gasteiger partial charge in [0.15, 0.2) is 0 Å². The van der Waals surface area contributed by atoms with Gasteiger partial charge in [-0.3, -0.25) is 4.79 Å². The summed E-state index contributed by atoms with van der Waals surface area (Å²) in [4.78, 5) is 16.3. The van der Waals surface area contributed by atoms with Crippen LogP contribution in [0.5, 0.6) is 5.75 Å². The van der Waals surface area contributed by atoms with Crippen molar-refractivity contribution in [2.45, 2.75) is 12.8 Å². The first-order valence-corrected chi connectivity index (χ1v) is 7.50. The Kier molecular flexibility index (Phi) is 4.48. The normalized spacial score (nSPS) is 15.7. The van der Waals surface area contributed by atoms with E-state index < -0.39 is 0 Å². The molecule has 1 N–H and O–H groups in total. The Morgan fingerprint density at radius 1 is 1.35 bits per heavy atom. The summed E-state index contributed by atoms with van der Waals surface area (Å²) >= 11 is 6.09. The fraction of sp³-hybridized carbons (Fsp3) is 0.176. The van der Waals surface area contributed by atoms with E-state index in [0.717, 1.165) is 11.3 Å². The van der Waals surface area contributed by atoms with Crippen LogP contribution in [-0.4, -0.2) is 18.9 Å². The second-order valence-electron chi connectivity index (χ2n) is 5.02. The Bertz CT molecular complexity index is 779. The summed E-state index contributed by atoms with van der Waals surface area (Å²) < 4.78 is 10.4. The van der Waals surface area contributed by atoms with Gasteiger partial charge in [0.1, 0.15) is 23.0 Å². The number of furan rings is 1. The number of carbonyl (C=O) groups excluding carboxylic acids is 1. The third-order valence-electron chi connectivity index (χ3n) is 3.41. The molecule has 118 valence electrons. The molecule has 23 heavy (non-hydrogen) atoms. The van der Waals surface area contributed by atoms with E-state index in [0.29, 0.717) is 35.1 Å². The van der Waals surface area contributed by atoms with Gasteiger partial charge in [-0.2, -0.15) is 0 Å². The van der Waals surface area contributed by atoms with Crippen molar-refractivity contribution in [3.8, 4) is 5.75 Å². The Balaban J connectivity index is 1.73. The third-order valence-corrected chi connectivity index (χ3v) is 3.71. The molecule has 1 aliphatic rings. The number of amidine groups is 1. The molecule has 0 saturated heterocycles. The summed E-state index contributed by atoms with van der Waals surface area (Å²) in [5, 5.41) is 3.26. The van der Waals surface area contributed by atoms with Gasteiger partial charge in [0.05, 0.1) is 18.4 Å². The summed E-state index contributed by atoms with van der Waals surface area (Å²) in [5.74, 6) is 1.87. The number of hydrogen-bond donors (Lipinski definition) is 1. The number of aryl methyl sites for hydroxylation is 1. The zero-order valence-electron chi connectivity index (χ0n) is 12.5. The fourth-order valence-electron chi connectivity index (χ4n) is 2.26. The number of nitrogens with one attached hydrogen (secondary N) is 1. The van der Waals surface area contributed by atoms with Crippen LogP contribution in [0.15, 0.2) is 51.7 Å². The van der Waals surface area contributed by atoms with Gasteiger partial charge in [0.2, 0.25) is 0 Å². The number of ether oxygens (including phenoxy) is 1. The molecule has 0 bridgehead atoms. The van der Waals surface area contributed by atoms with Gasteiger partial charge >= 0.3 is 0 Å². The third kappa shape index (κ3) is 3.63. The molecular formula is C17H15ClN2O3. The maximum Gasteiger partial charge on any atom is 0.275 e.